The topological polar surface area (TPSA) is 35.6 Å². The van der Waals surface area contributed by atoms with E-state index < -0.39 is 0 Å². The molecule has 0 aliphatic carbocycles. The fourth-order valence-corrected chi connectivity index (χ4v) is 3.63. The van der Waals surface area contributed by atoms with Gasteiger partial charge in [0.2, 0.25) is 5.91 Å². The number of halogens is 2. The van der Waals surface area contributed by atoms with Gasteiger partial charge in [0.15, 0.2) is 0 Å². The number of hydrogen-bond acceptors (Lipinski definition) is 3. The van der Waals surface area contributed by atoms with Crippen LogP contribution in [-0.2, 0) is 4.79 Å². The van der Waals surface area contributed by atoms with E-state index in [0.717, 1.165) is 48.1 Å². The molecule has 1 aliphatic heterocycles. The van der Waals surface area contributed by atoms with Crippen molar-refractivity contribution in [3.05, 3.63) is 58.1 Å². The Balaban J connectivity index is 1.59. The SMILES string of the molecule is Cc1c(Cl)cccc1NC(=O)C(C)N1CCN(c2ccccc2Cl)CC1. The Morgan fingerprint density at radius 2 is 1.65 bits per heavy atom. The molecular weight excluding hydrogens is 369 g/mol. The normalized spacial score (nSPS) is 16.4. The van der Waals surface area contributed by atoms with E-state index in [4.69, 9.17) is 23.2 Å². The molecule has 6 heteroatoms. The Kier molecular flexibility index (Phi) is 6.07. The van der Waals surface area contributed by atoms with Crippen LogP contribution in [0.3, 0.4) is 0 Å². The van der Waals surface area contributed by atoms with E-state index in [0.29, 0.717) is 5.02 Å². The smallest absolute Gasteiger partial charge is 0.241 e. The quantitative estimate of drug-likeness (QED) is 0.835. The number of amides is 1. The number of anilines is 2. The van der Waals surface area contributed by atoms with Crippen LogP contribution in [-0.4, -0.2) is 43.0 Å². The van der Waals surface area contributed by atoms with E-state index in [1.54, 1.807) is 0 Å². The Morgan fingerprint density at radius 1 is 1.00 bits per heavy atom. The van der Waals surface area contributed by atoms with Gasteiger partial charge in [-0.3, -0.25) is 9.69 Å². The third-order valence-corrected chi connectivity index (χ3v) is 5.69. The molecule has 26 heavy (non-hydrogen) atoms. The van der Waals surface area contributed by atoms with Gasteiger partial charge in [-0.25, -0.2) is 0 Å². The number of para-hydroxylation sites is 1. The summed E-state index contributed by atoms with van der Waals surface area (Å²) in [6, 6.07) is 13.2. The molecule has 138 valence electrons. The summed E-state index contributed by atoms with van der Waals surface area (Å²) in [5, 5.41) is 4.42. The lowest BCUT2D eigenvalue weighted by Gasteiger charge is -2.38. The zero-order chi connectivity index (χ0) is 18.7. The second kappa shape index (κ2) is 8.30. The van der Waals surface area contributed by atoms with Gasteiger partial charge in [0, 0.05) is 36.9 Å². The molecular formula is C20H23Cl2N3O. The van der Waals surface area contributed by atoms with Crippen molar-refractivity contribution in [2.45, 2.75) is 19.9 Å². The zero-order valence-electron chi connectivity index (χ0n) is 15.0. The molecule has 1 heterocycles. The minimum Gasteiger partial charge on any atom is -0.368 e. The minimum atomic E-state index is -0.207. The maximum absolute atomic E-state index is 12.7. The molecule has 1 N–H and O–H groups in total. The summed E-state index contributed by atoms with van der Waals surface area (Å²) >= 11 is 12.4. The van der Waals surface area contributed by atoms with Gasteiger partial charge < -0.3 is 10.2 Å². The third-order valence-electron chi connectivity index (χ3n) is 4.96. The number of nitrogens with zero attached hydrogens (tertiary/aromatic N) is 2. The summed E-state index contributed by atoms with van der Waals surface area (Å²) in [5.41, 5.74) is 2.71. The monoisotopic (exact) mass is 391 g/mol. The van der Waals surface area contributed by atoms with Crippen LogP contribution in [0.4, 0.5) is 11.4 Å². The molecule has 1 fully saturated rings. The number of benzene rings is 2. The first-order valence-corrected chi connectivity index (χ1v) is 9.52. The number of rotatable bonds is 4. The van der Waals surface area contributed by atoms with Crippen LogP contribution in [0.15, 0.2) is 42.5 Å². The molecule has 1 amide bonds. The number of hydrogen-bond donors (Lipinski definition) is 1. The number of carbonyl (C=O) groups is 1. The van der Waals surface area contributed by atoms with Crippen LogP contribution in [0.2, 0.25) is 10.0 Å². The summed E-state index contributed by atoms with van der Waals surface area (Å²) in [4.78, 5) is 17.1. The van der Waals surface area contributed by atoms with Crippen molar-refractivity contribution in [3.63, 3.8) is 0 Å². The molecule has 2 aromatic rings. The van der Waals surface area contributed by atoms with Gasteiger partial charge >= 0.3 is 0 Å². The Hall–Kier alpha value is -1.75. The molecule has 0 bridgehead atoms. The molecule has 2 aromatic carbocycles. The van der Waals surface area contributed by atoms with Crippen LogP contribution >= 0.6 is 23.2 Å². The van der Waals surface area contributed by atoms with Crippen LogP contribution in [0, 0.1) is 6.92 Å². The van der Waals surface area contributed by atoms with Crippen LogP contribution in [0.1, 0.15) is 12.5 Å². The van der Waals surface area contributed by atoms with Gasteiger partial charge in [0.25, 0.3) is 0 Å². The molecule has 0 spiro atoms. The van der Waals surface area contributed by atoms with Crippen molar-refractivity contribution in [1.82, 2.24) is 4.90 Å². The fraction of sp³-hybridized carbons (Fsp3) is 0.350. The van der Waals surface area contributed by atoms with Gasteiger partial charge in [-0.2, -0.15) is 0 Å². The van der Waals surface area contributed by atoms with Gasteiger partial charge in [0.05, 0.1) is 16.8 Å². The molecule has 3 rings (SSSR count). The molecule has 4 nitrogen and oxygen atoms in total. The average Bonchev–Trinajstić information content (AvgIpc) is 2.65. The van der Waals surface area contributed by atoms with Gasteiger partial charge in [-0.15, -0.1) is 0 Å². The standard InChI is InChI=1S/C20H23Cl2N3O/c1-14-16(21)7-5-8-18(14)23-20(26)15(2)24-10-12-25(13-11-24)19-9-4-3-6-17(19)22/h3-9,15H,10-13H2,1-2H3,(H,23,26). The maximum atomic E-state index is 12.7. The maximum Gasteiger partial charge on any atom is 0.241 e. The van der Waals surface area contributed by atoms with Crippen molar-refractivity contribution in [2.24, 2.45) is 0 Å². The lowest BCUT2D eigenvalue weighted by atomic mass is 10.1. The van der Waals surface area contributed by atoms with Crippen molar-refractivity contribution in [3.8, 4) is 0 Å². The van der Waals surface area contributed by atoms with E-state index in [-0.39, 0.29) is 11.9 Å². The Morgan fingerprint density at radius 3 is 2.35 bits per heavy atom. The van der Waals surface area contributed by atoms with Crippen molar-refractivity contribution in [2.75, 3.05) is 36.4 Å². The lowest BCUT2D eigenvalue weighted by molar-refractivity contribution is -0.120. The number of piperazine rings is 1. The van der Waals surface area contributed by atoms with Gasteiger partial charge in [-0.05, 0) is 43.7 Å². The van der Waals surface area contributed by atoms with E-state index in [1.807, 2.05) is 56.3 Å². The van der Waals surface area contributed by atoms with Crippen LogP contribution < -0.4 is 10.2 Å². The minimum absolute atomic E-state index is 0.0124. The van der Waals surface area contributed by atoms with E-state index in [9.17, 15) is 4.79 Å². The third kappa shape index (κ3) is 4.14. The summed E-state index contributed by atoms with van der Waals surface area (Å²) in [5.74, 6) is -0.0124. The number of nitrogens with one attached hydrogen (secondary N) is 1. The highest BCUT2D eigenvalue weighted by Crippen LogP contribution is 2.27. The highest BCUT2D eigenvalue weighted by atomic mass is 35.5. The van der Waals surface area contributed by atoms with Crippen molar-refractivity contribution in [1.29, 1.82) is 0 Å². The fourth-order valence-electron chi connectivity index (χ4n) is 3.20. The first-order chi connectivity index (χ1) is 12.5. The summed E-state index contributed by atoms with van der Waals surface area (Å²) in [6.07, 6.45) is 0. The van der Waals surface area contributed by atoms with Gasteiger partial charge in [-0.1, -0.05) is 41.4 Å². The zero-order valence-corrected chi connectivity index (χ0v) is 16.5. The molecule has 0 saturated carbocycles. The van der Waals surface area contributed by atoms with E-state index in [1.165, 1.54) is 0 Å². The second-order valence-corrected chi connectivity index (χ2v) is 7.37. The number of carbonyl (C=O) groups excluding carboxylic acids is 1. The van der Waals surface area contributed by atoms with Crippen molar-refractivity contribution < 1.29 is 4.79 Å². The predicted octanol–water partition coefficient (Wildman–Crippen LogP) is 4.45. The molecule has 0 aromatic heterocycles. The first-order valence-electron chi connectivity index (χ1n) is 8.77. The molecule has 1 aliphatic rings. The second-order valence-electron chi connectivity index (χ2n) is 6.55. The Labute approximate surface area is 164 Å². The Bertz CT molecular complexity index is 788. The highest BCUT2D eigenvalue weighted by Gasteiger charge is 2.26. The summed E-state index contributed by atoms with van der Waals surface area (Å²) in [7, 11) is 0. The molecule has 1 atom stereocenters. The highest BCUT2D eigenvalue weighted by molar-refractivity contribution is 6.33. The molecule has 0 radical (unpaired) electrons. The van der Waals surface area contributed by atoms with Crippen LogP contribution in [0.5, 0.6) is 0 Å². The molecule has 1 saturated heterocycles. The van der Waals surface area contributed by atoms with Gasteiger partial charge in [0.1, 0.15) is 0 Å². The van der Waals surface area contributed by atoms with E-state index >= 15 is 0 Å². The molecule has 1 unspecified atom stereocenters. The lowest BCUT2D eigenvalue weighted by Crippen LogP contribution is -2.52. The van der Waals surface area contributed by atoms with Crippen LogP contribution in [0.25, 0.3) is 0 Å². The van der Waals surface area contributed by atoms with Crippen molar-refractivity contribution >= 4 is 40.5 Å². The summed E-state index contributed by atoms with van der Waals surface area (Å²) < 4.78 is 0. The average molecular weight is 392 g/mol. The summed E-state index contributed by atoms with van der Waals surface area (Å²) in [6.45, 7) is 7.17. The largest absolute Gasteiger partial charge is 0.368 e. The van der Waals surface area contributed by atoms with E-state index in [2.05, 4.69) is 15.1 Å². The first kappa shape index (κ1) is 19.0. The predicted molar refractivity (Wildman–Crippen MR) is 110 cm³/mol.